The second-order valence-corrected chi connectivity index (χ2v) is 9.15. The molecule has 0 unspecified atom stereocenters. The number of benzene rings is 2. The lowest BCUT2D eigenvalue weighted by Gasteiger charge is -2.38. The van der Waals surface area contributed by atoms with Crippen LogP contribution in [0, 0.1) is 0 Å². The zero-order chi connectivity index (χ0) is 22.5. The zero-order valence-corrected chi connectivity index (χ0v) is 17.5. The van der Waals surface area contributed by atoms with Gasteiger partial charge in [-0.2, -0.15) is 4.31 Å². The quantitative estimate of drug-likeness (QED) is 0.397. The maximum atomic E-state index is 13.5. The van der Waals surface area contributed by atoms with E-state index >= 15 is 0 Å². The molecule has 31 heavy (non-hydrogen) atoms. The molecule has 0 aliphatic heterocycles. The highest BCUT2D eigenvalue weighted by Gasteiger charge is 2.51. The first-order valence-electron chi connectivity index (χ1n) is 9.82. The molecule has 0 heterocycles. The standard InChI is InChI=1S/C21H24N2O7S/c24-19(25)12-15-23(21(20(26)22-27)13-4-5-14-21)31(28,29)18-10-8-17(9-11-18)30-16-6-2-1-3-7-16/h1-3,6-11,27H,4-5,12-15H2,(H,22,26)(H,24,25). The van der Waals surface area contributed by atoms with Crippen molar-refractivity contribution in [2.45, 2.75) is 42.5 Å². The molecule has 3 N–H and O–H groups in total. The molecule has 10 heteroatoms. The Morgan fingerprint density at radius 3 is 2.13 bits per heavy atom. The second kappa shape index (κ2) is 9.46. The van der Waals surface area contributed by atoms with Crippen molar-refractivity contribution >= 4 is 21.9 Å². The van der Waals surface area contributed by atoms with E-state index in [4.69, 9.17) is 9.84 Å². The number of sulfonamides is 1. The van der Waals surface area contributed by atoms with Gasteiger partial charge < -0.3 is 9.84 Å². The van der Waals surface area contributed by atoms with Crippen molar-refractivity contribution in [3.8, 4) is 11.5 Å². The van der Waals surface area contributed by atoms with Gasteiger partial charge in [0.2, 0.25) is 10.0 Å². The zero-order valence-electron chi connectivity index (χ0n) is 16.7. The molecular formula is C21H24N2O7S. The number of hydrogen-bond acceptors (Lipinski definition) is 6. The Hall–Kier alpha value is -2.95. The molecule has 0 aromatic heterocycles. The summed E-state index contributed by atoms with van der Waals surface area (Å²) in [6.45, 7) is -0.395. The van der Waals surface area contributed by atoms with E-state index in [-0.39, 0.29) is 17.7 Å². The van der Waals surface area contributed by atoms with Crippen LogP contribution in [0.15, 0.2) is 59.5 Å². The van der Waals surface area contributed by atoms with Gasteiger partial charge in [0.05, 0.1) is 11.3 Å². The summed E-state index contributed by atoms with van der Waals surface area (Å²) in [7, 11) is -4.24. The number of nitrogens with one attached hydrogen (secondary N) is 1. The van der Waals surface area contributed by atoms with E-state index in [0.29, 0.717) is 24.3 Å². The molecule has 0 saturated heterocycles. The Balaban J connectivity index is 1.94. The van der Waals surface area contributed by atoms with Gasteiger partial charge >= 0.3 is 5.97 Å². The first-order valence-corrected chi connectivity index (χ1v) is 11.3. The fourth-order valence-corrected chi connectivity index (χ4v) is 5.64. The fraction of sp³-hybridized carbons (Fsp3) is 0.333. The number of ether oxygens (including phenoxy) is 1. The molecule has 1 aliphatic carbocycles. The van der Waals surface area contributed by atoms with Crippen molar-refractivity contribution in [3.05, 3.63) is 54.6 Å². The van der Waals surface area contributed by atoms with Gasteiger partial charge in [-0.15, -0.1) is 0 Å². The topological polar surface area (TPSA) is 133 Å². The SMILES string of the molecule is O=C(O)CCN(C1(C(=O)NO)CCCC1)S(=O)(=O)c1ccc(Oc2ccccc2)cc1. The van der Waals surface area contributed by atoms with Crippen LogP contribution in [-0.2, 0) is 19.6 Å². The van der Waals surface area contributed by atoms with Gasteiger partial charge in [-0.05, 0) is 49.2 Å². The van der Waals surface area contributed by atoms with E-state index < -0.39 is 40.4 Å². The van der Waals surface area contributed by atoms with Crippen molar-refractivity contribution in [2.24, 2.45) is 0 Å². The Bertz CT molecular complexity index is 1020. The van der Waals surface area contributed by atoms with Gasteiger partial charge in [0.25, 0.3) is 5.91 Å². The smallest absolute Gasteiger partial charge is 0.304 e. The molecule has 1 fully saturated rings. The minimum atomic E-state index is -4.24. The number of rotatable bonds is 9. The molecule has 0 bridgehead atoms. The summed E-state index contributed by atoms with van der Waals surface area (Å²) >= 11 is 0. The first kappa shape index (κ1) is 22.7. The highest BCUT2D eigenvalue weighted by Crippen LogP contribution is 2.39. The molecule has 2 aromatic carbocycles. The predicted molar refractivity (Wildman–Crippen MR) is 110 cm³/mol. The number of amides is 1. The van der Waals surface area contributed by atoms with Crippen LogP contribution in [0.5, 0.6) is 11.5 Å². The van der Waals surface area contributed by atoms with Gasteiger partial charge in [-0.1, -0.05) is 31.0 Å². The number of aliphatic carboxylic acids is 1. The van der Waals surface area contributed by atoms with E-state index in [1.807, 2.05) is 18.2 Å². The molecule has 3 rings (SSSR count). The van der Waals surface area contributed by atoms with Crippen molar-refractivity contribution in [2.75, 3.05) is 6.54 Å². The number of carbonyl (C=O) groups excluding carboxylic acids is 1. The average Bonchev–Trinajstić information content (AvgIpc) is 3.24. The van der Waals surface area contributed by atoms with E-state index in [9.17, 15) is 23.2 Å². The van der Waals surface area contributed by atoms with Crippen molar-refractivity contribution in [1.29, 1.82) is 0 Å². The number of nitrogens with zero attached hydrogens (tertiary/aromatic N) is 1. The van der Waals surface area contributed by atoms with Gasteiger partial charge in [0, 0.05) is 6.54 Å². The Morgan fingerprint density at radius 1 is 1.00 bits per heavy atom. The van der Waals surface area contributed by atoms with Gasteiger partial charge in [0.15, 0.2) is 0 Å². The molecular weight excluding hydrogens is 424 g/mol. The van der Waals surface area contributed by atoms with Crippen molar-refractivity contribution < 1.29 is 33.1 Å². The van der Waals surface area contributed by atoms with Crippen LogP contribution in [0.3, 0.4) is 0 Å². The largest absolute Gasteiger partial charge is 0.481 e. The summed E-state index contributed by atoms with van der Waals surface area (Å²) in [6.07, 6.45) is 1.06. The molecule has 1 amide bonds. The number of carboxylic acid groups (broad SMARTS) is 1. The van der Waals surface area contributed by atoms with Crippen molar-refractivity contribution in [3.63, 3.8) is 0 Å². The molecule has 1 saturated carbocycles. The highest BCUT2D eigenvalue weighted by molar-refractivity contribution is 7.89. The number of hydrogen-bond donors (Lipinski definition) is 3. The van der Waals surface area contributed by atoms with Gasteiger partial charge in [-0.25, -0.2) is 13.9 Å². The molecule has 0 atom stereocenters. The van der Waals surface area contributed by atoms with Gasteiger partial charge in [0.1, 0.15) is 17.0 Å². The Morgan fingerprint density at radius 2 is 1.58 bits per heavy atom. The van der Waals surface area contributed by atoms with Crippen LogP contribution < -0.4 is 10.2 Å². The first-order chi connectivity index (χ1) is 14.8. The summed E-state index contributed by atoms with van der Waals surface area (Å²) in [5.74, 6) is -1.04. The summed E-state index contributed by atoms with van der Waals surface area (Å²) in [6, 6.07) is 14.7. The lowest BCUT2D eigenvalue weighted by molar-refractivity contribution is -0.141. The van der Waals surface area contributed by atoms with Crippen LogP contribution >= 0.6 is 0 Å². The average molecular weight is 448 g/mol. The maximum absolute atomic E-state index is 13.5. The number of carbonyl (C=O) groups is 2. The third kappa shape index (κ3) is 4.87. The third-order valence-electron chi connectivity index (χ3n) is 5.35. The van der Waals surface area contributed by atoms with E-state index in [2.05, 4.69) is 0 Å². The summed E-state index contributed by atoms with van der Waals surface area (Å²) < 4.78 is 33.5. The van der Waals surface area contributed by atoms with Crippen LogP contribution in [0.4, 0.5) is 0 Å². The molecule has 0 radical (unpaired) electrons. The minimum Gasteiger partial charge on any atom is -0.481 e. The Kier molecular flexibility index (Phi) is 6.94. The lowest BCUT2D eigenvalue weighted by Crippen LogP contribution is -2.59. The molecule has 166 valence electrons. The minimum absolute atomic E-state index is 0.102. The number of carboxylic acids is 1. The van der Waals surface area contributed by atoms with Crippen LogP contribution in [0.25, 0.3) is 0 Å². The number of para-hydroxylation sites is 1. The summed E-state index contributed by atoms with van der Waals surface area (Å²) in [5.41, 5.74) is 0.0239. The molecule has 2 aromatic rings. The lowest BCUT2D eigenvalue weighted by atomic mass is 9.96. The fourth-order valence-electron chi connectivity index (χ4n) is 3.85. The number of hydroxylamine groups is 1. The van der Waals surface area contributed by atoms with E-state index in [1.54, 1.807) is 17.6 Å². The third-order valence-corrected chi connectivity index (χ3v) is 7.33. The van der Waals surface area contributed by atoms with E-state index in [1.165, 1.54) is 24.3 Å². The van der Waals surface area contributed by atoms with Crippen LogP contribution in [-0.4, -0.2) is 47.0 Å². The van der Waals surface area contributed by atoms with Crippen LogP contribution in [0.1, 0.15) is 32.1 Å². The molecule has 9 nitrogen and oxygen atoms in total. The summed E-state index contributed by atoms with van der Waals surface area (Å²) in [4.78, 5) is 23.6. The summed E-state index contributed by atoms with van der Waals surface area (Å²) in [5, 5.41) is 18.4. The predicted octanol–water partition coefficient (Wildman–Crippen LogP) is 2.76. The molecule has 0 spiro atoms. The van der Waals surface area contributed by atoms with Crippen LogP contribution in [0.2, 0.25) is 0 Å². The monoisotopic (exact) mass is 448 g/mol. The van der Waals surface area contributed by atoms with Crippen molar-refractivity contribution in [1.82, 2.24) is 9.79 Å². The second-order valence-electron chi connectivity index (χ2n) is 7.29. The van der Waals surface area contributed by atoms with Gasteiger partial charge in [-0.3, -0.25) is 14.8 Å². The molecule has 1 aliphatic rings. The maximum Gasteiger partial charge on any atom is 0.304 e. The highest BCUT2D eigenvalue weighted by atomic mass is 32.2. The van der Waals surface area contributed by atoms with E-state index in [0.717, 1.165) is 4.31 Å². The normalized spacial score (nSPS) is 15.5. The Labute approximate surface area is 180 Å².